The van der Waals surface area contributed by atoms with Gasteiger partial charge in [0.05, 0.1) is 0 Å². The Hall–Kier alpha value is -0.157. The maximum absolute atomic E-state index is 2.20. The molecule has 0 aliphatic carbocycles. The van der Waals surface area contributed by atoms with Gasteiger partial charge in [0.25, 0.3) is 0 Å². The predicted molar refractivity (Wildman–Crippen MR) is 35.5 cm³/mol. The van der Waals surface area contributed by atoms with E-state index in [1.165, 1.54) is 33.6 Å². The van der Waals surface area contributed by atoms with E-state index in [0.717, 1.165) is 0 Å². The van der Waals surface area contributed by atoms with Crippen molar-refractivity contribution in [3.05, 3.63) is 29.3 Å². The van der Waals surface area contributed by atoms with Gasteiger partial charge in [-0.25, -0.2) is 0 Å². The molecular weight excluding hydrogens is 161 g/mol. The predicted octanol–water partition coefficient (Wildman–Crippen LogP) is 1.48. The molecule has 0 amide bonds. The molecule has 0 spiro atoms. The van der Waals surface area contributed by atoms with Gasteiger partial charge in [-0.3, -0.25) is 0 Å². The van der Waals surface area contributed by atoms with Crippen LogP contribution in [0, 0.1) is 13.8 Å². The van der Waals surface area contributed by atoms with Crippen LogP contribution in [0.25, 0.3) is 0 Å². The molecule has 9 heavy (non-hydrogen) atoms. The fraction of sp³-hybridized carbons (Fsp3) is 0.250. The van der Waals surface area contributed by atoms with Gasteiger partial charge in [-0.2, -0.15) is 0 Å². The van der Waals surface area contributed by atoms with E-state index in [4.69, 9.17) is 0 Å². The summed E-state index contributed by atoms with van der Waals surface area (Å²) < 4.78 is 1.51. The molecule has 1 aromatic rings. The van der Waals surface area contributed by atoms with E-state index in [2.05, 4.69) is 32.0 Å². The molecule has 0 saturated carbocycles. The third-order valence-electron chi connectivity index (χ3n) is 1.72. The monoisotopic (exact) mass is 169 g/mol. The Morgan fingerprint density at radius 3 is 2.33 bits per heavy atom. The second-order valence-corrected chi connectivity index (χ2v) is 3.96. The van der Waals surface area contributed by atoms with Gasteiger partial charge in [-0.15, -0.1) is 0 Å². The Labute approximate surface area is 66.0 Å². The minimum atomic E-state index is 1.27. The molecule has 1 heteroatoms. The molecule has 1 aromatic carbocycles. The quantitative estimate of drug-likeness (QED) is 0.518. The van der Waals surface area contributed by atoms with Crippen molar-refractivity contribution in [2.45, 2.75) is 13.8 Å². The Kier molecular flexibility index (Phi) is 2.02. The van der Waals surface area contributed by atoms with Crippen molar-refractivity contribution in [3.63, 3.8) is 0 Å². The Morgan fingerprint density at radius 1 is 1.22 bits per heavy atom. The van der Waals surface area contributed by atoms with Crippen LogP contribution in [0.4, 0.5) is 0 Å². The summed E-state index contributed by atoms with van der Waals surface area (Å²) >= 11 is 1.27. The fourth-order valence-electron chi connectivity index (χ4n) is 0.812. The van der Waals surface area contributed by atoms with E-state index < -0.39 is 0 Å². The summed E-state index contributed by atoms with van der Waals surface area (Å²) in [6, 6.07) is 6.48. The molecule has 0 radical (unpaired) electrons. The molecule has 0 fully saturated rings. The van der Waals surface area contributed by atoms with Gasteiger partial charge in [0.2, 0.25) is 0 Å². The van der Waals surface area contributed by atoms with Crippen molar-refractivity contribution >= 4 is 4.16 Å². The van der Waals surface area contributed by atoms with Crippen LogP contribution in [0.15, 0.2) is 18.2 Å². The van der Waals surface area contributed by atoms with Crippen LogP contribution in [0.2, 0.25) is 0 Å². The van der Waals surface area contributed by atoms with E-state index in [0.29, 0.717) is 0 Å². The first-order valence-corrected chi connectivity index (χ1v) is 4.58. The molecule has 1 rings (SSSR count). The van der Waals surface area contributed by atoms with Gasteiger partial charge in [-0.1, -0.05) is 0 Å². The summed E-state index contributed by atoms with van der Waals surface area (Å²) in [5.41, 5.74) is 2.89. The topological polar surface area (TPSA) is 0 Å². The van der Waals surface area contributed by atoms with E-state index in [-0.39, 0.29) is 0 Å². The van der Waals surface area contributed by atoms with Crippen LogP contribution >= 0.6 is 0 Å². The summed E-state index contributed by atoms with van der Waals surface area (Å²) in [5.74, 6) is 0. The number of benzene rings is 1. The molecule has 0 N–H and O–H groups in total. The summed E-state index contributed by atoms with van der Waals surface area (Å²) in [7, 11) is 0. The molecule has 0 heterocycles. The zero-order chi connectivity index (χ0) is 6.85. The number of aryl methyl sites for hydroxylation is 1. The van der Waals surface area contributed by atoms with Crippen LogP contribution in [0.1, 0.15) is 11.1 Å². The van der Waals surface area contributed by atoms with Crippen molar-refractivity contribution in [2.75, 3.05) is 0 Å². The van der Waals surface area contributed by atoms with Crippen LogP contribution in [-0.4, -0.2) is 0 Å². The average molecular weight is 171 g/mol. The first-order chi connectivity index (χ1) is 4.22. The van der Waals surface area contributed by atoms with Crippen LogP contribution < -0.4 is 4.16 Å². The molecule has 0 aliphatic rings. The van der Waals surface area contributed by atoms with E-state index in [1.54, 1.807) is 0 Å². The second-order valence-electron chi connectivity index (χ2n) is 2.36. The molecule has 0 atom stereocenters. The molecule has 43 valence electrons. The summed E-state index contributed by atoms with van der Waals surface area (Å²) in [5, 5.41) is 0. The zero-order valence-corrected chi connectivity index (χ0v) is 8.91. The third-order valence-corrected chi connectivity index (χ3v) is 3.32. The van der Waals surface area contributed by atoms with Crippen molar-refractivity contribution in [1.82, 2.24) is 0 Å². The SMILES string of the molecule is Cc1ccc[c]([Zn])c1C. The fourth-order valence-corrected chi connectivity index (χ4v) is 1.68. The van der Waals surface area contributed by atoms with Gasteiger partial charge in [0.1, 0.15) is 0 Å². The second kappa shape index (κ2) is 2.62. The van der Waals surface area contributed by atoms with E-state index in [9.17, 15) is 0 Å². The number of hydrogen-bond donors (Lipinski definition) is 0. The molecule has 0 bridgehead atoms. The summed E-state index contributed by atoms with van der Waals surface area (Å²) in [6.45, 7) is 4.35. The minimum absolute atomic E-state index is 1.27. The van der Waals surface area contributed by atoms with Crippen molar-refractivity contribution in [2.24, 2.45) is 0 Å². The molecule has 0 nitrogen and oxygen atoms in total. The number of hydrogen-bond acceptors (Lipinski definition) is 0. The molecular formula is C8H9Zn. The van der Waals surface area contributed by atoms with Crippen LogP contribution in [0.5, 0.6) is 0 Å². The Balaban J connectivity index is 3.25. The first-order valence-electron chi connectivity index (χ1n) is 3.10. The van der Waals surface area contributed by atoms with Crippen molar-refractivity contribution < 1.29 is 18.3 Å². The third kappa shape index (κ3) is 1.40. The first kappa shape index (κ1) is 6.96. The maximum atomic E-state index is 2.20. The molecule has 0 aromatic heterocycles. The zero-order valence-electron chi connectivity index (χ0n) is 5.94. The van der Waals surface area contributed by atoms with Gasteiger partial charge in [-0.05, 0) is 0 Å². The Bertz CT molecular complexity index is 196. The molecule has 0 saturated heterocycles. The van der Waals surface area contributed by atoms with Gasteiger partial charge in [0, 0.05) is 0 Å². The number of rotatable bonds is 0. The van der Waals surface area contributed by atoms with E-state index in [1.807, 2.05) is 0 Å². The van der Waals surface area contributed by atoms with Crippen LogP contribution in [-0.2, 0) is 18.3 Å². The van der Waals surface area contributed by atoms with E-state index >= 15 is 0 Å². The average Bonchev–Trinajstić information content (AvgIpc) is 1.83. The van der Waals surface area contributed by atoms with Crippen molar-refractivity contribution in [1.29, 1.82) is 0 Å². The van der Waals surface area contributed by atoms with Gasteiger partial charge in [0.15, 0.2) is 0 Å². The van der Waals surface area contributed by atoms with Crippen molar-refractivity contribution in [3.8, 4) is 0 Å². The molecule has 0 aliphatic heterocycles. The van der Waals surface area contributed by atoms with Crippen LogP contribution in [0.3, 0.4) is 0 Å². The Morgan fingerprint density at radius 2 is 1.89 bits per heavy atom. The summed E-state index contributed by atoms with van der Waals surface area (Å²) in [4.78, 5) is 0. The standard InChI is InChI=1S/C8H9.Zn/c1-7-5-3-4-6-8(7)2;/h3-5H,1-2H3;. The van der Waals surface area contributed by atoms with Gasteiger partial charge >= 0.3 is 65.6 Å². The van der Waals surface area contributed by atoms with Gasteiger partial charge < -0.3 is 0 Å². The molecule has 0 unspecified atom stereocenters. The summed E-state index contributed by atoms with van der Waals surface area (Å²) in [6.07, 6.45) is 0. The normalized spacial score (nSPS) is 9.78.